The molecule has 20 heavy (non-hydrogen) atoms. The van der Waals surface area contributed by atoms with Crippen LogP contribution in [0.3, 0.4) is 0 Å². The Morgan fingerprint density at radius 1 is 1.10 bits per heavy atom. The minimum absolute atomic E-state index is 0.249. The molecule has 0 aliphatic rings. The number of rotatable bonds is 10. The third kappa shape index (κ3) is 9.06. The van der Waals surface area contributed by atoms with Crippen LogP contribution in [-0.4, -0.2) is 54.9 Å². The molecule has 0 N–H and O–H groups in total. The molecule has 0 unspecified atom stereocenters. The summed E-state index contributed by atoms with van der Waals surface area (Å²) in [5, 5.41) is 0.663. The van der Waals surface area contributed by atoms with E-state index in [4.69, 9.17) is 18.9 Å². The first kappa shape index (κ1) is 19.1. The van der Waals surface area contributed by atoms with Crippen LogP contribution < -0.4 is 0 Å². The van der Waals surface area contributed by atoms with Crippen molar-refractivity contribution in [3.05, 3.63) is 17.0 Å². The Morgan fingerprint density at radius 2 is 1.75 bits per heavy atom. The molecule has 0 aliphatic carbocycles. The molecule has 0 aromatic heterocycles. The van der Waals surface area contributed by atoms with Crippen LogP contribution in [0.25, 0.3) is 0 Å². The average molecular weight is 302 g/mol. The van der Waals surface area contributed by atoms with Gasteiger partial charge in [-0.05, 0) is 12.5 Å². The SMILES string of the molecule is COCCOCOCCC=C=C(C(=O)OC)[Si](C)(C)C. The molecule has 0 saturated carbocycles. The smallest absolute Gasteiger partial charge is 0.337 e. The Hall–Kier alpha value is -0.913. The van der Waals surface area contributed by atoms with Gasteiger partial charge in [-0.25, -0.2) is 4.79 Å². The van der Waals surface area contributed by atoms with Gasteiger partial charge in [-0.3, -0.25) is 0 Å². The van der Waals surface area contributed by atoms with E-state index < -0.39 is 8.07 Å². The van der Waals surface area contributed by atoms with Crippen molar-refractivity contribution in [1.29, 1.82) is 0 Å². The molecule has 0 aromatic carbocycles. The Morgan fingerprint density at radius 3 is 2.30 bits per heavy atom. The molecule has 116 valence electrons. The topological polar surface area (TPSA) is 54.0 Å². The lowest BCUT2D eigenvalue weighted by Gasteiger charge is -2.15. The second-order valence-electron chi connectivity index (χ2n) is 5.18. The number of esters is 1. The fraction of sp³-hybridized carbons (Fsp3) is 0.714. The van der Waals surface area contributed by atoms with Crippen molar-refractivity contribution >= 4 is 14.0 Å². The van der Waals surface area contributed by atoms with Crippen LogP contribution in [0, 0.1) is 0 Å². The molecule has 0 heterocycles. The van der Waals surface area contributed by atoms with Gasteiger partial charge in [0.05, 0.1) is 40.2 Å². The normalized spacial score (nSPS) is 10.8. The van der Waals surface area contributed by atoms with Crippen molar-refractivity contribution in [3.8, 4) is 0 Å². The summed E-state index contributed by atoms with van der Waals surface area (Å²) >= 11 is 0. The summed E-state index contributed by atoms with van der Waals surface area (Å²) in [4.78, 5) is 11.7. The second-order valence-corrected chi connectivity index (χ2v) is 10.2. The van der Waals surface area contributed by atoms with Gasteiger partial charge in [-0.1, -0.05) is 19.6 Å². The van der Waals surface area contributed by atoms with Crippen molar-refractivity contribution in [2.24, 2.45) is 0 Å². The summed E-state index contributed by atoms with van der Waals surface area (Å²) in [6, 6.07) is 0. The fourth-order valence-electron chi connectivity index (χ4n) is 1.32. The molecule has 5 nitrogen and oxygen atoms in total. The number of methoxy groups -OCH3 is 2. The van der Waals surface area contributed by atoms with Gasteiger partial charge in [0, 0.05) is 7.11 Å². The van der Waals surface area contributed by atoms with Gasteiger partial charge >= 0.3 is 5.97 Å². The summed E-state index contributed by atoms with van der Waals surface area (Å²) in [6.07, 6.45) is 2.50. The third-order valence-corrected chi connectivity index (χ3v) is 4.24. The highest BCUT2D eigenvalue weighted by Crippen LogP contribution is 2.14. The molecule has 0 atom stereocenters. The van der Waals surface area contributed by atoms with E-state index in [1.54, 1.807) is 7.11 Å². The van der Waals surface area contributed by atoms with Gasteiger partial charge in [0.25, 0.3) is 0 Å². The van der Waals surface area contributed by atoms with Crippen LogP contribution in [0.15, 0.2) is 17.0 Å². The van der Waals surface area contributed by atoms with E-state index in [0.29, 0.717) is 31.4 Å². The highest BCUT2D eigenvalue weighted by Gasteiger charge is 2.26. The van der Waals surface area contributed by atoms with Crippen LogP contribution in [-0.2, 0) is 23.7 Å². The van der Waals surface area contributed by atoms with Crippen molar-refractivity contribution < 1.29 is 23.7 Å². The first-order chi connectivity index (χ1) is 9.43. The number of carbonyl (C=O) groups excluding carboxylic acids is 1. The highest BCUT2D eigenvalue weighted by molar-refractivity contribution is 6.86. The van der Waals surface area contributed by atoms with Crippen LogP contribution in [0.1, 0.15) is 6.42 Å². The highest BCUT2D eigenvalue weighted by atomic mass is 28.3. The lowest BCUT2D eigenvalue weighted by atomic mass is 10.4. The van der Waals surface area contributed by atoms with Gasteiger partial charge in [0.15, 0.2) is 0 Å². The van der Waals surface area contributed by atoms with Gasteiger partial charge in [0.2, 0.25) is 0 Å². The van der Waals surface area contributed by atoms with Gasteiger partial charge in [-0.2, -0.15) is 0 Å². The van der Waals surface area contributed by atoms with Crippen LogP contribution in [0.2, 0.25) is 19.6 Å². The summed E-state index contributed by atoms with van der Waals surface area (Å²) in [7, 11) is 1.28. The molecule has 0 fully saturated rings. The number of ether oxygens (including phenoxy) is 4. The molecule has 0 bridgehead atoms. The largest absolute Gasteiger partial charge is 0.465 e. The zero-order valence-corrected chi connectivity index (χ0v) is 14.2. The number of carbonyl (C=O) groups is 1. The maximum absolute atomic E-state index is 11.7. The molecule has 0 saturated heterocycles. The van der Waals surface area contributed by atoms with Crippen molar-refractivity contribution in [2.45, 2.75) is 26.1 Å². The molecule has 0 rings (SSSR count). The standard InChI is InChI=1S/C14H26O5Si/c1-16-10-11-19-12-18-9-7-6-8-13(14(15)17-2)20(3,4)5/h6H,7,9-12H2,1-5H3. The third-order valence-electron chi connectivity index (χ3n) is 2.39. The maximum atomic E-state index is 11.7. The monoisotopic (exact) mass is 302 g/mol. The van der Waals surface area contributed by atoms with Crippen LogP contribution in [0.4, 0.5) is 0 Å². The van der Waals surface area contributed by atoms with E-state index >= 15 is 0 Å². The minimum Gasteiger partial charge on any atom is -0.465 e. The predicted octanol–water partition coefficient (Wildman–Crippen LogP) is 2.15. The van der Waals surface area contributed by atoms with E-state index in [1.165, 1.54) is 7.11 Å². The summed E-state index contributed by atoms with van der Waals surface area (Å²) in [6.45, 7) is 8.11. The zero-order valence-electron chi connectivity index (χ0n) is 13.2. The second kappa shape index (κ2) is 10.8. The van der Waals surface area contributed by atoms with E-state index in [2.05, 4.69) is 25.4 Å². The van der Waals surface area contributed by atoms with Gasteiger partial charge < -0.3 is 18.9 Å². The Bertz CT molecular complexity index is 340. The van der Waals surface area contributed by atoms with Crippen molar-refractivity contribution in [2.75, 3.05) is 40.8 Å². The molecule has 0 aromatic rings. The van der Waals surface area contributed by atoms with Gasteiger partial charge in [0.1, 0.15) is 6.79 Å². The Balaban J connectivity index is 4.10. The van der Waals surface area contributed by atoms with E-state index in [9.17, 15) is 4.79 Å². The molecular weight excluding hydrogens is 276 g/mol. The van der Waals surface area contributed by atoms with Crippen molar-refractivity contribution in [3.63, 3.8) is 0 Å². The summed E-state index contributed by atoms with van der Waals surface area (Å²) < 4.78 is 20.1. The van der Waals surface area contributed by atoms with Crippen LogP contribution >= 0.6 is 0 Å². The first-order valence-corrected chi connectivity index (χ1v) is 10.1. The zero-order chi connectivity index (χ0) is 15.4. The average Bonchev–Trinajstić information content (AvgIpc) is 2.39. The summed E-state index contributed by atoms with van der Waals surface area (Å²) in [5.41, 5.74) is 3.06. The van der Waals surface area contributed by atoms with E-state index in [0.717, 1.165) is 0 Å². The first-order valence-electron chi connectivity index (χ1n) is 6.62. The quantitative estimate of drug-likeness (QED) is 0.155. The van der Waals surface area contributed by atoms with Crippen molar-refractivity contribution in [1.82, 2.24) is 0 Å². The Labute approximate surface area is 122 Å². The molecule has 0 spiro atoms. The van der Waals surface area contributed by atoms with Gasteiger partial charge in [-0.15, -0.1) is 5.73 Å². The molecule has 0 amide bonds. The maximum Gasteiger partial charge on any atom is 0.337 e. The molecule has 0 radical (unpaired) electrons. The Kier molecular flexibility index (Phi) is 10.3. The predicted molar refractivity (Wildman–Crippen MR) is 80.2 cm³/mol. The van der Waals surface area contributed by atoms with E-state index in [-0.39, 0.29) is 12.8 Å². The molecular formula is C14H26O5Si. The molecule has 6 heteroatoms. The number of hydrogen-bond acceptors (Lipinski definition) is 5. The lowest BCUT2D eigenvalue weighted by Crippen LogP contribution is -2.29. The number of hydrogen-bond donors (Lipinski definition) is 0. The minimum atomic E-state index is -1.74. The van der Waals surface area contributed by atoms with Crippen LogP contribution in [0.5, 0.6) is 0 Å². The fourth-order valence-corrected chi connectivity index (χ4v) is 2.57. The van der Waals surface area contributed by atoms with E-state index in [1.807, 2.05) is 6.08 Å². The summed E-state index contributed by atoms with van der Waals surface area (Å²) in [5.74, 6) is -0.288. The lowest BCUT2D eigenvalue weighted by molar-refractivity contribution is -0.135. The molecule has 0 aliphatic heterocycles.